The fourth-order valence-corrected chi connectivity index (χ4v) is 10.5. The van der Waals surface area contributed by atoms with Gasteiger partial charge in [0, 0.05) is 0 Å². The molecule has 4 aromatic rings. The molecular weight excluding hydrogens is 615 g/mol. The van der Waals surface area contributed by atoms with Crippen LogP contribution in [0.4, 0.5) is 0 Å². The predicted octanol–water partition coefficient (Wildman–Crippen LogP) is -1.32. The molecule has 0 heterocycles. The van der Waals surface area contributed by atoms with Crippen molar-refractivity contribution in [2.45, 2.75) is 85.5 Å². The fraction of sp³-hybridized carbons (Fsp3) is 0.361. The molecule has 0 aromatic heterocycles. The summed E-state index contributed by atoms with van der Waals surface area (Å²) in [4.78, 5) is 0. The SMILES string of the molecule is CCC(C)c1cc[c-]([Si](c2cccc(C(C)C)c2)(c2cccc(C(C)C)c2)c2cccc(C(C)C)c2)c1.[Cl-].[Cl-].[Cl-].[Ti+4]. The van der Waals surface area contributed by atoms with Crippen LogP contribution < -0.4 is 58.0 Å². The van der Waals surface area contributed by atoms with Crippen LogP contribution in [0.25, 0.3) is 0 Å². The van der Waals surface area contributed by atoms with Gasteiger partial charge in [-0.3, -0.25) is 0 Å². The Bertz CT molecular complexity index is 1220. The van der Waals surface area contributed by atoms with Crippen LogP contribution in [-0.4, -0.2) is 8.07 Å². The van der Waals surface area contributed by atoms with Gasteiger partial charge in [-0.2, -0.15) is 17.7 Å². The van der Waals surface area contributed by atoms with Crippen molar-refractivity contribution in [3.8, 4) is 0 Å². The molecule has 41 heavy (non-hydrogen) atoms. The maximum absolute atomic E-state index is 2.57. The second-order valence-electron chi connectivity index (χ2n) is 11.8. The standard InChI is InChI=1S/C36H45Si.3ClH.Ti/c1-9-28(8)32-19-20-36(24-32)37(33-16-10-13-29(21-33)25(2)3,34-17-11-14-30(22-34)26(4)5)35-18-12-15-31(23-35)27(6)7;;;;/h10-28H,9H2,1-8H3;3*1H;/q-1;;;;+4/p-3. The largest absolute Gasteiger partial charge is 4.00 e. The molecule has 0 bridgehead atoms. The fourth-order valence-electron chi connectivity index (χ4n) is 5.63. The number of hydrogen-bond acceptors (Lipinski definition) is 0. The van der Waals surface area contributed by atoms with Crippen LogP contribution in [0, 0.1) is 0 Å². The number of halogens is 3. The summed E-state index contributed by atoms with van der Waals surface area (Å²) in [5.74, 6) is 2.04. The smallest absolute Gasteiger partial charge is 1.00 e. The molecule has 0 aliphatic carbocycles. The van der Waals surface area contributed by atoms with E-state index in [2.05, 4.69) is 146 Å². The van der Waals surface area contributed by atoms with E-state index in [1.54, 1.807) is 0 Å². The minimum Gasteiger partial charge on any atom is -1.00 e. The molecule has 0 aliphatic rings. The van der Waals surface area contributed by atoms with Gasteiger partial charge < -0.3 is 37.2 Å². The summed E-state index contributed by atoms with van der Waals surface area (Å²) >= 11 is 0. The van der Waals surface area contributed by atoms with Crippen molar-refractivity contribution in [3.63, 3.8) is 0 Å². The van der Waals surface area contributed by atoms with E-state index >= 15 is 0 Å². The predicted molar refractivity (Wildman–Crippen MR) is 167 cm³/mol. The topological polar surface area (TPSA) is 0 Å². The van der Waals surface area contributed by atoms with Gasteiger partial charge >= 0.3 is 21.7 Å². The third-order valence-electron chi connectivity index (χ3n) is 8.35. The van der Waals surface area contributed by atoms with E-state index in [0.717, 1.165) is 6.42 Å². The van der Waals surface area contributed by atoms with Crippen molar-refractivity contribution >= 4 is 28.8 Å². The molecule has 0 N–H and O–H groups in total. The molecule has 1 atom stereocenters. The molecule has 0 saturated heterocycles. The Hall–Kier alpha value is -1.19. The summed E-state index contributed by atoms with van der Waals surface area (Å²) in [7, 11) is -2.57. The minimum atomic E-state index is -2.57. The Kier molecular flexibility index (Phi) is 16.7. The first-order valence-corrected chi connectivity index (χ1v) is 16.3. The quantitative estimate of drug-likeness (QED) is 0.119. The third kappa shape index (κ3) is 8.26. The van der Waals surface area contributed by atoms with Crippen LogP contribution in [-0.2, 0) is 21.7 Å². The molecule has 0 nitrogen and oxygen atoms in total. The van der Waals surface area contributed by atoms with Crippen molar-refractivity contribution in [2.24, 2.45) is 0 Å². The Morgan fingerprint density at radius 1 is 0.561 bits per heavy atom. The number of benzene rings is 3. The Balaban J connectivity index is 0.00000400. The number of rotatable bonds is 9. The normalized spacial score (nSPS) is 11.8. The molecule has 0 saturated carbocycles. The van der Waals surface area contributed by atoms with Gasteiger partial charge in [0.25, 0.3) is 0 Å². The van der Waals surface area contributed by atoms with E-state index in [-0.39, 0.29) is 58.9 Å². The first kappa shape index (κ1) is 39.8. The van der Waals surface area contributed by atoms with Gasteiger partial charge in [0.1, 0.15) is 8.07 Å². The van der Waals surface area contributed by atoms with Gasteiger partial charge in [0.15, 0.2) is 0 Å². The first-order chi connectivity index (χ1) is 17.7. The van der Waals surface area contributed by atoms with Gasteiger partial charge in [-0.05, 0) is 34.4 Å². The summed E-state index contributed by atoms with van der Waals surface area (Å²) < 4.78 is 0. The molecule has 1 unspecified atom stereocenters. The van der Waals surface area contributed by atoms with Crippen LogP contribution in [0.3, 0.4) is 0 Å². The number of hydrogen-bond donors (Lipinski definition) is 0. The zero-order chi connectivity index (χ0) is 26.7. The van der Waals surface area contributed by atoms with E-state index in [1.165, 1.54) is 43.0 Å². The zero-order valence-corrected chi connectivity index (χ0v) is 30.6. The van der Waals surface area contributed by atoms with Gasteiger partial charge in [-0.15, -0.1) is 5.19 Å². The minimum absolute atomic E-state index is 0. The summed E-state index contributed by atoms with van der Waals surface area (Å²) in [6, 6.07) is 36.0. The molecule has 218 valence electrons. The Morgan fingerprint density at radius 3 is 1.24 bits per heavy atom. The monoisotopic (exact) mass is 658 g/mol. The third-order valence-corrected chi connectivity index (χ3v) is 13.1. The van der Waals surface area contributed by atoms with E-state index < -0.39 is 8.07 Å². The summed E-state index contributed by atoms with van der Waals surface area (Å²) in [6.45, 7) is 18.5. The average molecular weight is 660 g/mol. The van der Waals surface area contributed by atoms with Crippen LogP contribution in [0.5, 0.6) is 0 Å². The molecule has 0 spiro atoms. The molecule has 4 aromatic carbocycles. The second-order valence-corrected chi connectivity index (χ2v) is 15.6. The Morgan fingerprint density at radius 2 is 0.927 bits per heavy atom. The van der Waals surface area contributed by atoms with Crippen molar-refractivity contribution in [3.05, 3.63) is 113 Å². The van der Waals surface area contributed by atoms with Crippen molar-refractivity contribution in [1.82, 2.24) is 0 Å². The van der Waals surface area contributed by atoms with Crippen LogP contribution in [0.15, 0.2) is 91.0 Å². The average Bonchev–Trinajstić information content (AvgIpc) is 3.40. The van der Waals surface area contributed by atoms with Gasteiger partial charge in [0.2, 0.25) is 0 Å². The van der Waals surface area contributed by atoms with Gasteiger partial charge in [-0.1, -0.05) is 156 Å². The van der Waals surface area contributed by atoms with Crippen LogP contribution in [0.2, 0.25) is 0 Å². The second kappa shape index (κ2) is 17.2. The molecular formula is C36H45Cl3SiTi. The molecule has 0 fully saturated rings. The van der Waals surface area contributed by atoms with E-state index in [4.69, 9.17) is 0 Å². The van der Waals surface area contributed by atoms with Crippen LogP contribution >= 0.6 is 0 Å². The van der Waals surface area contributed by atoms with E-state index in [1.807, 2.05) is 0 Å². The summed E-state index contributed by atoms with van der Waals surface area (Å²) in [6.07, 6.45) is 1.16. The molecule has 5 heteroatoms. The summed E-state index contributed by atoms with van der Waals surface area (Å²) in [5, 5.41) is 5.97. The zero-order valence-electron chi connectivity index (χ0n) is 25.8. The maximum atomic E-state index is 2.55. The van der Waals surface area contributed by atoms with Crippen molar-refractivity contribution < 1.29 is 58.9 Å². The molecule has 0 aliphatic heterocycles. The van der Waals surface area contributed by atoms with E-state index in [9.17, 15) is 0 Å². The maximum Gasteiger partial charge on any atom is 4.00 e. The Labute approximate surface area is 284 Å². The first-order valence-electron chi connectivity index (χ1n) is 14.3. The van der Waals surface area contributed by atoms with Gasteiger partial charge in [-0.25, -0.2) is 6.07 Å². The van der Waals surface area contributed by atoms with Crippen molar-refractivity contribution in [2.75, 3.05) is 0 Å². The summed E-state index contributed by atoms with van der Waals surface area (Å²) in [5.41, 5.74) is 5.73. The van der Waals surface area contributed by atoms with Crippen LogP contribution in [0.1, 0.15) is 108 Å². The van der Waals surface area contributed by atoms with Gasteiger partial charge in [0.05, 0.1) is 0 Å². The molecule has 0 radical (unpaired) electrons. The van der Waals surface area contributed by atoms with E-state index in [0.29, 0.717) is 23.7 Å². The molecule has 0 amide bonds. The van der Waals surface area contributed by atoms with Crippen molar-refractivity contribution in [1.29, 1.82) is 0 Å². The molecule has 4 rings (SSSR count).